The van der Waals surface area contributed by atoms with Gasteiger partial charge in [0.2, 0.25) is 0 Å². The summed E-state index contributed by atoms with van der Waals surface area (Å²) >= 11 is 1.77. The van der Waals surface area contributed by atoms with E-state index in [9.17, 15) is 14.9 Å². The first-order valence-corrected chi connectivity index (χ1v) is 11.0. The van der Waals surface area contributed by atoms with Gasteiger partial charge in [0.15, 0.2) is 0 Å². The maximum absolute atomic E-state index is 12.9. The van der Waals surface area contributed by atoms with Gasteiger partial charge in [-0.2, -0.15) is 11.8 Å². The average Bonchev–Trinajstić information content (AvgIpc) is 2.74. The molecule has 158 valence electrons. The summed E-state index contributed by atoms with van der Waals surface area (Å²) in [6.07, 6.45) is 2.06. The van der Waals surface area contributed by atoms with Gasteiger partial charge in [-0.15, -0.1) is 0 Å². The highest BCUT2D eigenvalue weighted by Gasteiger charge is 2.22. The highest BCUT2D eigenvalue weighted by atomic mass is 32.2. The van der Waals surface area contributed by atoms with Crippen molar-refractivity contribution in [3.05, 3.63) is 64.2 Å². The first kappa shape index (κ1) is 21.8. The molecule has 0 bridgehead atoms. The Labute approximate surface area is 180 Å². The molecule has 2 aromatic carbocycles. The number of hydrogen-bond donors (Lipinski definition) is 1. The van der Waals surface area contributed by atoms with E-state index in [1.54, 1.807) is 30.0 Å². The van der Waals surface area contributed by atoms with E-state index in [1.807, 2.05) is 25.2 Å². The molecule has 9 heteroatoms. The van der Waals surface area contributed by atoms with Crippen LogP contribution < -0.4 is 5.32 Å². The number of thioether (sulfide) groups is 1. The first-order valence-electron chi connectivity index (χ1n) is 9.63. The zero-order valence-corrected chi connectivity index (χ0v) is 17.9. The van der Waals surface area contributed by atoms with Crippen LogP contribution in [-0.2, 0) is 0 Å². The second-order valence-corrected chi connectivity index (χ2v) is 8.01. The molecule has 1 amide bonds. The van der Waals surface area contributed by atoms with E-state index < -0.39 is 10.8 Å². The number of non-ortho nitro benzene ring substituents is 1. The van der Waals surface area contributed by atoms with Crippen LogP contribution in [0.4, 0.5) is 17.1 Å². The van der Waals surface area contributed by atoms with Crippen molar-refractivity contribution in [3.63, 3.8) is 0 Å². The van der Waals surface area contributed by atoms with E-state index in [4.69, 9.17) is 4.99 Å². The van der Waals surface area contributed by atoms with Crippen molar-refractivity contribution >= 4 is 40.6 Å². The second kappa shape index (κ2) is 10.2. The molecule has 8 nitrogen and oxygen atoms in total. The second-order valence-electron chi connectivity index (χ2n) is 7.02. The Bertz CT molecular complexity index is 933. The van der Waals surface area contributed by atoms with Gasteiger partial charge in [-0.05, 0) is 31.5 Å². The summed E-state index contributed by atoms with van der Waals surface area (Å²) in [5, 5.41) is 14.1. The van der Waals surface area contributed by atoms with Crippen molar-refractivity contribution in [2.75, 3.05) is 50.6 Å². The zero-order chi connectivity index (χ0) is 21.5. The summed E-state index contributed by atoms with van der Waals surface area (Å²) in [6, 6.07) is 13.2. The Morgan fingerprint density at radius 2 is 2.00 bits per heavy atom. The third-order valence-corrected chi connectivity index (χ3v) is 5.40. The van der Waals surface area contributed by atoms with Crippen LogP contribution in [0.2, 0.25) is 0 Å². The number of hydrogen-bond acceptors (Lipinski definition) is 6. The predicted octanol–water partition coefficient (Wildman–Crippen LogP) is 3.49. The number of nitrogens with one attached hydrogen (secondary N) is 1. The number of anilines is 1. The fraction of sp³-hybridized carbons (Fsp3) is 0.333. The van der Waals surface area contributed by atoms with E-state index in [1.165, 1.54) is 12.1 Å². The molecule has 1 saturated heterocycles. The molecule has 0 saturated carbocycles. The van der Waals surface area contributed by atoms with Gasteiger partial charge in [0.1, 0.15) is 5.84 Å². The lowest BCUT2D eigenvalue weighted by molar-refractivity contribution is -0.384. The lowest BCUT2D eigenvalue weighted by Crippen LogP contribution is -2.49. The average molecular weight is 428 g/mol. The Kier molecular flexibility index (Phi) is 7.42. The molecule has 2 aromatic rings. The summed E-state index contributed by atoms with van der Waals surface area (Å²) < 4.78 is 0. The highest BCUT2D eigenvalue weighted by molar-refractivity contribution is 7.98. The summed E-state index contributed by atoms with van der Waals surface area (Å²) in [7, 11) is 2.03. The van der Waals surface area contributed by atoms with Gasteiger partial charge < -0.3 is 10.2 Å². The Morgan fingerprint density at radius 1 is 1.23 bits per heavy atom. The number of carbonyl (C=O) groups is 1. The van der Waals surface area contributed by atoms with Gasteiger partial charge in [-0.3, -0.25) is 19.8 Å². The van der Waals surface area contributed by atoms with Crippen LogP contribution in [-0.4, -0.2) is 71.7 Å². The van der Waals surface area contributed by atoms with Crippen LogP contribution in [0.3, 0.4) is 0 Å². The Morgan fingerprint density at radius 3 is 2.70 bits per heavy atom. The van der Waals surface area contributed by atoms with Crippen molar-refractivity contribution < 1.29 is 9.72 Å². The van der Waals surface area contributed by atoms with Gasteiger partial charge >= 0.3 is 0 Å². The number of para-hydroxylation sites is 1. The monoisotopic (exact) mass is 427 g/mol. The molecule has 1 heterocycles. The summed E-state index contributed by atoms with van der Waals surface area (Å²) in [6.45, 7) is 3.32. The molecule has 0 aromatic heterocycles. The topological polar surface area (TPSA) is 91.1 Å². The minimum absolute atomic E-state index is 0.142. The molecule has 1 aliphatic heterocycles. The molecule has 0 spiro atoms. The lowest BCUT2D eigenvalue weighted by Gasteiger charge is -2.35. The fourth-order valence-electron chi connectivity index (χ4n) is 3.17. The van der Waals surface area contributed by atoms with Crippen LogP contribution >= 0.6 is 11.8 Å². The number of benzene rings is 2. The molecule has 1 fully saturated rings. The number of amides is 1. The fourth-order valence-corrected chi connectivity index (χ4v) is 3.57. The van der Waals surface area contributed by atoms with E-state index in [0.29, 0.717) is 17.9 Å². The number of likely N-dealkylation sites (N-methyl/N-ethyl adjacent to an activating group) is 1. The zero-order valence-electron chi connectivity index (χ0n) is 17.1. The largest absolute Gasteiger partial charge is 0.357 e. The van der Waals surface area contributed by atoms with Crippen LogP contribution in [0.25, 0.3) is 0 Å². The standard InChI is InChI=1S/C21H25N5O3S/c1-24-10-11-25(12-13-30-2)20(15-24)23-19-9-8-17(26(28)29)14-18(19)21(27)22-16-6-4-3-5-7-16/h3-9,14H,10-13,15H2,1-2H3,(H,22,27). The smallest absolute Gasteiger partial charge is 0.270 e. The number of amidine groups is 1. The number of carbonyl (C=O) groups excluding carboxylic acids is 1. The van der Waals surface area contributed by atoms with Crippen LogP contribution in [0.15, 0.2) is 53.5 Å². The lowest BCUT2D eigenvalue weighted by atomic mass is 10.1. The van der Waals surface area contributed by atoms with Crippen molar-refractivity contribution in [2.45, 2.75) is 0 Å². The normalized spacial score (nSPS) is 15.9. The molecule has 0 radical (unpaired) electrons. The highest BCUT2D eigenvalue weighted by Crippen LogP contribution is 2.27. The van der Waals surface area contributed by atoms with Crippen molar-refractivity contribution in [3.8, 4) is 0 Å². The maximum Gasteiger partial charge on any atom is 0.270 e. The first-order chi connectivity index (χ1) is 14.5. The minimum atomic E-state index is -0.505. The van der Waals surface area contributed by atoms with E-state index >= 15 is 0 Å². The van der Waals surface area contributed by atoms with E-state index in [-0.39, 0.29) is 11.3 Å². The number of nitrogens with zero attached hydrogens (tertiary/aromatic N) is 4. The molecular weight excluding hydrogens is 402 g/mol. The molecule has 0 atom stereocenters. The third kappa shape index (κ3) is 5.58. The molecular formula is C21H25N5O3S. The third-order valence-electron chi connectivity index (χ3n) is 4.81. The molecule has 0 unspecified atom stereocenters. The maximum atomic E-state index is 12.9. The Balaban J connectivity index is 1.97. The van der Waals surface area contributed by atoms with Gasteiger partial charge in [0.05, 0.1) is 22.7 Å². The number of piperazine rings is 1. The molecule has 0 aliphatic carbocycles. The number of rotatable bonds is 7. The van der Waals surface area contributed by atoms with Gasteiger partial charge in [-0.1, -0.05) is 18.2 Å². The predicted molar refractivity (Wildman–Crippen MR) is 122 cm³/mol. The SMILES string of the molecule is CSCCN1CCN(C)CC1=Nc1ccc([N+](=O)[O-])cc1C(=O)Nc1ccccc1. The van der Waals surface area contributed by atoms with Crippen molar-refractivity contribution in [1.29, 1.82) is 0 Å². The van der Waals surface area contributed by atoms with Crippen LogP contribution in [0.1, 0.15) is 10.4 Å². The van der Waals surface area contributed by atoms with Gasteiger partial charge in [-0.25, -0.2) is 4.99 Å². The van der Waals surface area contributed by atoms with Gasteiger partial charge in [0, 0.05) is 43.2 Å². The summed E-state index contributed by atoms with van der Waals surface area (Å²) in [5.74, 6) is 1.41. The van der Waals surface area contributed by atoms with Crippen LogP contribution in [0.5, 0.6) is 0 Å². The summed E-state index contributed by atoms with van der Waals surface area (Å²) in [4.78, 5) is 32.9. The summed E-state index contributed by atoms with van der Waals surface area (Å²) in [5.41, 5.74) is 1.08. The van der Waals surface area contributed by atoms with Crippen LogP contribution in [0, 0.1) is 10.1 Å². The van der Waals surface area contributed by atoms with E-state index in [0.717, 1.165) is 31.2 Å². The van der Waals surface area contributed by atoms with Crippen molar-refractivity contribution in [1.82, 2.24) is 9.80 Å². The number of aliphatic imine (C=N–C) groups is 1. The molecule has 1 aliphatic rings. The number of nitro groups is 1. The van der Waals surface area contributed by atoms with Crippen molar-refractivity contribution in [2.24, 2.45) is 4.99 Å². The quantitative estimate of drug-likeness (QED) is 0.537. The minimum Gasteiger partial charge on any atom is -0.357 e. The Hall–Kier alpha value is -2.91. The van der Waals surface area contributed by atoms with Gasteiger partial charge in [0.25, 0.3) is 11.6 Å². The van der Waals surface area contributed by atoms with E-state index in [2.05, 4.69) is 21.4 Å². The molecule has 1 N–H and O–H groups in total. The number of nitro benzene ring substituents is 1. The molecule has 3 rings (SSSR count). The molecule has 30 heavy (non-hydrogen) atoms.